The fourth-order valence-electron chi connectivity index (χ4n) is 2.93. The molecule has 118 valence electrons. The number of hydrogen-bond donors (Lipinski definition) is 0. The minimum absolute atomic E-state index is 0.0740. The predicted molar refractivity (Wildman–Crippen MR) is 88.1 cm³/mol. The van der Waals surface area contributed by atoms with E-state index < -0.39 is 9.84 Å². The number of amides is 1. The van der Waals surface area contributed by atoms with Crippen LogP contribution in [0.1, 0.15) is 28.7 Å². The van der Waals surface area contributed by atoms with Crippen molar-refractivity contribution in [3.8, 4) is 0 Å². The van der Waals surface area contributed by atoms with Gasteiger partial charge in [-0.15, -0.1) is 11.3 Å². The lowest BCUT2D eigenvalue weighted by molar-refractivity contribution is 0.0708. The molecular weight excluding hydrogens is 320 g/mol. The van der Waals surface area contributed by atoms with Crippen LogP contribution in [0, 0.1) is 6.92 Å². The molecule has 7 heteroatoms. The summed E-state index contributed by atoms with van der Waals surface area (Å²) < 4.78 is 24.4. The normalized spacial score (nSPS) is 20.4. The summed E-state index contributed by atoms with van der Waals surface area (Å²) in [6, 6.07) is 5.30. The van der Waals surface area contributed by atoms with Crippen molar-refractivity contribution in [2.75, 3.05) is 18.1 Å². The molecule has 1 aliphatic rings. The molecule has 1 aromatic heterocycles. The molecule has 0 N–H and O–H groups in total. The summed E-state index contributed by atoms with van der Waals surface area (Å²) in [6.07, 6.45) is 0.528. The highest BCUT2D eigenvalue weighted by molar-refractivity contribution is 7.91. The smallest absolute Gasteiger partial charge is 0.254 e. The minimum atomic E-state index is -3.00. The maximum absolute atomic E-state index is 12.7. The summed E-state index contributed by atoms with van der Waals surface area (Å²) >= 11 is 1.60. The number of benzene rings is 1. The van der Waals surface area contributed by atoms with Gasteiger partial charge < -0.3 is 4.90 Å². The van der Waals surface area contributed by atoms with E-state index >= 15 is 0 Å². The summed E-state index contributed by atoms with van der Waals surface area (Å²) in [7, 11) is -3.00. The van der Waals surface area contributed by atoms with Crippen LogP contribution in [0.2, 0.25) is 0 Å². The molecule has 2 aromatic rings. The van der Waals surface area contributed by atoms with Crippen molar-refractivity contribution >= 4 is 37.3 Å². The summed E-state index contributed by atoms with van der Waals surface area (Å²) in [4.78, 5) is 18.8. The largest absolute Gasteiger partial charge is 0.335 e. The van der Waals surface area contributed by atoms with Gasteiger partial charge in [0.2, 0.25) is 0 Å². The molecule has 1 fully saturated rings. The summed E-state index contributed by atoms with van der Waals surface area (Å²) in [6.45, 7) is 4.33. The summed E-state index contributed by atoms with van der Waals surface area (Å²) in [5.74, 6) is 0.133. The Morgan fingerprint density at radius 1 is 1.45 bits per heavy atom. The zero-order chi connectivity index (χ0) is 15.9. The van der Waals surface area contributed by atoms with Crippen LogP contribution in [0.5, 0.6) is 0 Å². The van der Waals surface area contributed by atoms with Crippen LogP contribution in [0.3, 0.4) is 0 Å². The van der Waals surface area contributed by atoms with Crippen LogP contribution in [0.25, 0.3) is 10.2 Å². The first-order valence-electron chi connectivity index (χ1n) is 7.28. The van der Waals surface area contributed by atoms with Gasteiger partial charge >= 0.3 is 0 Å². The van der Waals surface area contributed by atoms with Crippen molar-refractivity contribution < 1.29 is 13.2 Å². The van der Waals surface area contributed by atoms with Gasteiger partial charge in [0.15, 0.2) is 9.84 Å². The number of carbonyl (C=O) groups excluding carboxylic acids is 1. The van der Waals surface area contributed by atoms with E-state index in [1.807, 2.05) is 19.9 Å². The van der Waals surface area contributed by atoms with Crippen LogP contribution in [0.4, 0.5) is 0 Å². The van der Waals surface area contributed by atoms with Gasteiger partial charge in [-0.25, -0.2) is 13.4 Å². The van der Waals surface area contributed by atoms with E-state index in [0.717, 1.165) is 15.2 Å². The molecule has 1 atom stereocenters. The maximum atomic E-state index is 12.7. The van der Waals surface area contributed by atoms with Crippen LogP contribution >= 0.6 is 11.3 Å². The number of nitrogens with zero attached hydrogens (tertiary/aromatic N) is 2. The van der Waals surface area contributed by atoms with Crippen molar-refractivity contribution in [3.05, 3.63) is 28.8 Å². The standard InChI is InChI=1S/C15H18N2O3S2/c1-3-17(12-6-7-22(19,20)9-12)15(18)11-4-5-14-13(8-11)16-10(2)21-14/h4-5,8,12H,3,6-7,9H2,1-2H3/t12-/m0/s1. The summed E-state index contributed by atoms with van der Waals surface area (Å²) in [5, 5.41) is 0.967. The van der Waals surface area contributed by atoms with E-state index in [4.69, 9.17) is 0 Å². The number of thiazole rings is 1. The maximum Gasteiger partial charge on any atom is 0.254 e. The Bertz CT molecular complexity index is 826. The van der Waals surface area contributed by atoms with E-state index in [1.165, 1.54) is 0 Å². The van der Waals surface area contributed by atoms with Gasteiger partial charge in [-0.3, -0.25) is 4.79 Å². The first kappa shape index (κ1) is 15.4. The molecule has 0 bridgehead atoms. The molecule has 0 aliphatic carbocycles. The Morgan fingerprint density at radius 2 is 2.23 bits per heavy atom. The second-order valence-electron chi connectivity index (χ2n) is 5.56. The van der Waals surface area contributed by atoms with Gasteiger partial charge in [0.1, 0.15) is 0 Å². The highest BCUT2D eigenvalue weighted by Crippen LogP contribution is 2.24. The van der Waals surface area contributed by atoms with Gasteiger partial charge in [0.05, 0.1) is 26.7 Å². The highest BCUT2D eigenvalue weighted by atomic mass is 32.2. The average molecular weight is 338 g/mol. The van der Waals surface area contributed by atoms with Crippen LogP contribution in [-0.2, 0) is 9.84 Å². The molecule has 2 heterocycles. The molecule has 0 unspecified atom stereocenters. The third-order valence-corrected chi connectivity index (χ3v) is 6.69. The fourth-order valence-corrected chi connectivity index (χ4v) is 5.47. The van der Waals surface area contributed by atoms with Crippen LogP contribution in [0.15, 0.2) is 18.2 Å². The molecule has 0 saturated carbocycles. The van der Waals surface area contributed by atoms with E-state index in [1.54, 1.807) is 28.4 Å². The first-order chi connectivity index (χ1) is 10.4. The van der Waals surface area contributed by atoms with E-state index in [9.17, 15) is 13.2 Å². The van der Waals surface area contributed by atoms with Gasteiger partial charge in [0, 0.05) is 18.2 Å². The van der Waals surface area contributed by atoms with Gasteiger partial charge in [-0.1, -0.05) is 0 Å². The first-order valence-corrected chi connectivity index (χ1v) is 9.92. The van der Waals surface area contributed by atoms with Crippen LogP contribution in [-0.4, -0.2) is 48.3 Å². The zero-order valence-electron chi connectivity index (χ0n) is 12.6. The van der Waals surface area contributed by atoms with Gasteiger partial charge in [0.25, 0.3) is 5.91 Å². The lowest BCUT2D eigenvalue weighted by Gasteiger charge is -2.26. The highest BCUT2D eigenvalue weighted by Gasteiger charge is 2.34. The second kappa shape index (κ2) is 5.62. The number of aryl methyl sites for hydroxylation is 1. The Labute approximate surface area is 133 Å². The quantitative estimate of drug-likeness (QED) is 0.861. The Balaban J connectivity index is 1.89. The number of hydrogen-bond acceptors (Lipinski definition) is 5. The molecular formula is C15H18N2O3S2. The third kappa shape index (κ3) is 2.87. The van der Waals surface area contributed by atoms with Crippen molar-refractivity contribution in [2.24, 2.45) is 0 Å². The van der Waals surface area contributed by atoms with Gasteiger partial charge in [-0.05, 0) is 38.5 Å². The number of fused-ring (bicyclic) bond motifs is 1. The van der Waals surface area contributed by atoms with E-state index in [0.29, 0.717) is 18.5 Å². The number of carbonyl (C=O) groups is 1. The molecule has 1 amide bonds. The van der Waals surface area contributed by atoms with E-state index in [-0.39, 0.29) is 23.5 Å². The SMILES string of the molecule is CCN(C(=O)c1ccc2sc(C)nc2c1)[C@H]1CCS(=O)(=O)C1. The monoisotopic (exact) mass is 338 g/mol. The molecule has 5 nitrogen and oxygen atoms in total. The van der Waals surface area contributed by atoms with Crippen molar-refractivity contribution in [1.29, 1.82) is 0 Å². The average Bonchev–Trinajstić information content (AvgIpc) is 3.00. The topological polar surface area (TPSA) is 67.3 Å². The number of sulfone groups is 1. The molecule has 22 heavy (non-hydrogen) atoms. The lowest BCUT2D eigenvalue weighted by atomic mass is 10.1. The predicted octanol–water partition coefficient (Wildman–Crippen LogP) is 2.25. The number of aromatic nitrogens is 1. The summed E-state index contributed by atoms with van der Waals surface area (Å²) in [5.41, 5.74) is 1.40. The van der Waals surface area contributed by atoms with Crippen molar-refractivity contribution in [2.45, 2.75) is 26.3 Å². The molecule has 0 radical (unpaired) electrons. The molecule has 0 spiro atoms. The minimum Gasteiger partial charge on any atom is -0.335 e. The van der Waals surface area contributed by atoms with Crippen molar-refractivity contribution in [1.82, 2.24) is 9.88 Å². The Kier molecular flexibility index (Phi) is 3.94. The number of rotatable bonds is 3. The van der Waals surface area contributed by atoms with E-state index in [2.05, 4.69) is 4.98 Å². The van der Waals surface area contributed by atoms with Crippen LogP contribution < -0.4 is 0 Å². The Morgan fingerprint density at radius 3 is 2.86 bits per heavy atom. The lowest BCUT2D eigenvalue weighted by Crippen LogP contribution is -2.40. The third-order valence-electron chi connectivity index (χ3n) is 3.99. The molecule has 1 aromatic carbocycles. The fraction of sp³-hybridized carbons (Fsp3) is 0.467. The molecule has 1 aliphatic heterocycles. The zero-order valence-corrected chi connectivity index (χ0v) is 14.2. The molecule has 3 rings (SSSR count). The Hall–Kier alpha value is -1.47. The van der Waals surface area contributed by atoms with Gasteiger partial charge in [-0.2, -0.15) is 0 Å². The van der Waals surface area contributed by atoms with Crippen molar-refractivity contribution in [3.63, 3.8) is 0 Å². The molecule has 1 saturated heterocycles. The second-order valence-corrected chi connectivity index (χ2v) is 9.03.